The van der Waals surface area contributed by atoms with Crippen molar-refractivity contribution in [3.63, 3.8) is 0 Å². The molecule has 1 fully saturated rings. The van der Waals surface area contributed by atoms with Crippen LogP contribution in [0.2, 0.25) is 0 Å². The van der Waals surface area contributed by atoms with Crippen molar-refractivity contribution in [3.05, 3.63) is 35.6 Å². The first-order valence-corrected chi connectivity index (χ1v) is 6.51. The fraction of sp³-hybridized carbons (Fsp3) is 0.429. The van der Waals surface area contributed by atoms with Gasteiger partial charge in [0, 0.05) is 7.11 Å². The van der Waals surface area contributed by atoms with Gasteiger partial charge < -0.3 is 10.1 Å². The summed E-state index contributed by atoms with van der Waals surface area (Å²) in [6, 6.07) is 6.05. The van der Waals surface area contributed by atoms with Crippen molar-refractivity contribution in [2.24, 2.45) is 4.99 Å². The normalized spacial score (nSPS) is 23.8. The van der Waals surface area contributed by atoms with Crippen molar-refractivity contribution in [3.8, 4) is 0 Å². The van der Waals surface area contributed by atoms with Crippen LogP contribution >= 0.6 is 0 Å². The van der Waals surface area contributed by atoms with Gasteiger partial charge in [0.1, 0.15) is 11.4 Å². The Labute approximate surface area is 117 Å². The van der Waals surface area contributed by atoms with Gasteiger partial charge in [0.2, 0.25) is 0 Å². The molecule has 108 valence electrons. The molecule has 0 aromatic heterocycles. The molecule has 6 heteroatoms. The van der Waals surface area contributed by atoms with Gasteiger partial charge in [-0.25, -0.2) is 4.39 Å². The Morgan fingerprint density at radius 3 is 2.90 bits per heavy atom. The predicted octanol–water partition coefficient (Wildman–Crippen LogP) is 1.15. The van der Waals surface area contributed by atoms with Crippen LogP contribution in [-0.2, 0) is 15.1 Å². The highest BCUT2D eigenvalue weighted by molar-refractivity contribution is 6.09. The Morgan fingerprint density at radius 2 is 2.25 bits per heavy atom. The van der Waals surface area contributed by atoms with Crippen LogP contribution in [-0.4, -0.2) is 32.1 Å². The Bertz CT molecular complexity index is 533. The zero-order valence-electron chi connectivity index (χ0n) is 11.6. The SMILES string of the molecule is CCC1(c2cccc(F)c2)NC(=NCCOC)NC1=O. The van der Waals surface area contributed by atoms with Crippen molar-refractivity contribution in [1.82, 2.24) is 10.6 Å². The number of amides is 1. The van der Waals surface area contributed by atoms with Gasteiger partial charge in [-0.2, -0.15) is 0 Å². The first-order chi connectivity index (χ1) is 9.62. The van der Waals surface area contributed by atoms with Gasteiger partial charge >= 0.3 is 0 Å². The van der Waals surface area contributed by atoms with Crippen molar-refractivity contribution in [2.45, 2.75) is 18.9 Å². The third-order valence-corrected chi connectivity index (χ3v) is 3.36. The summed E-state index contributed by atoms with van der Waals surface area (Å²) in [5.41, 5.74) is -0.372. The molecule has 5 nitrogen and oxygen atoms in total. The molecule has 0 spiro atoms. The van der Waals surface area contributed by atoms with E-state index in [-0.39, 0.29) is 11.7 Å². The number of carbonyl (C=O) groups is 1. The summed E-state index contributed by atoms with van der Waals surface area (Å²) >= 11 is 0. The molecule has 1 heterocycles. The molecule has 1 aliphatic rings. The third kappa shape index (κ3) is 2.65. The van der Waals surface area contributed by atoms with Gasteiger partial charge in [-0.05, 0) is 24.1 Å². The number of nitrogens with one attached hydrogen (secondary N) is 2. The second kappa shape index (κ2) is 6.00. The van der Waals surface area contributed by atoms with E-state index in [2.05, 4.69) is 15.6 Å². The third-order valence-electron chi connectivity index (χ3n) is 3.36. The molecule has 1 aromatic rings. The van der Waals surface area contributed by atoms with E-state index >= 15 is 0 Å². The van der Waals surface area contributed by atoms with Gasteiger partial charge in [0.05, 0.1) is 13.2 Å². The largest absolute Gasteiger partial charge is 0.383 e. The van der Waals surface area contributed by atoms with E-state index in [9.17, 15) is 9.18 Å². The van der Waals surface area contributed by atoms with Crippen molar-refractivity contribution >= 4 is 11.9 Å². The van der Waals surface area contributed by atoms with E-state index in [1.54, 1.807) is 19.2 Å². The van der Waals surface area contributed by atoms with Crippen LogP contribution in [0.25, 0.3) is 0 Å². The number of guanidine groups is 1. The molecule has 1 aromatic carbocycles. The van der Waals surface area contributed by atoms with Crippen LogP contribution in [0.5, 0.6) is 0 Å². The van der Waals surface area contributed by atoms with Gasteiger partial charge in [0.15, 0.2) is 5.96 Å². The fourth-order valence-electron chi connectivity index (χ4n) is 2.24. The van der Waals surface area contributed by atoms with E-state index in [1.165, 1.54) is 12.1 Å². The van der Waals surface area contributed by atoms with Gasteiger partial charge in [-0.1, -0.05) is 19.1 Å². The summed E-state index contributed by atoms with van der Waals surface area (Å²) in [7, 11) is 1.59. The summed E-state index contributed by atoms with van der Waals surface area (Å²) in [4.78, 5) is 16.5. The number of benzene rings is 1. The van der Waals surface area contributed by atoms with E-state index < -0.39 is 5.54 Å². The Hall–Kier alpha value is -1.95. The van der Waals surface area contributed by atoms with Gasteiger partial charge in [-0.3, -0.25) is 15.1 Å². The molecule has 1 atom stereocenters. The molecule has 0 bridgehead atoms. The molecule has 0 radical (unpaired) electrons. The first-order valence-electron chi connectivity index (χ1n) is 6.51. The molecule has 20 heavy (non-hydrogen) atoms. The fourth-order valence-corrected chi connectivity index (χ4v) is 2.24. The number of hydrogen-bond donors (Lipinski definition) is 2. The van der Waals surface area contributed by atoms with E-state index in [1.807, 2.05) is 6.92 Å². The number of hydrogen-bond acceptors (Lipinski definition) is 3. The summed E-state index contributed by atoms with van der Waals surface area (Å²) in [6.07, 6.45) is 0.492. The second-order valence-corrected chi connectivity index (χ2v) is 4.57. The molecule has 1 aliphatic heterocycles. The van der Waals surface area contributed by atoms with Crippen molar-refractivity contribution in [1.29, 1.82) is 0 Å². The summed E-state index contributed by atoms with van der Waals surface area (Å²) in [6.45, 7) is 2.79. The minimum Gasteiger partial charge on any atom is -0.383 e. The number of halogens is 1. The minimum absolute atomic E-state index is 0.221. The monoisotopic (exact) mass is 279 g/mol. The summed E-state index contributed by atoms with van der Waals surface area (Å²) in [5.74, 6) is -0.186. The number of nitrogens with zero attached hydrogens (tertiary/aromatic N) is 1. The summed E-state index contributed by atoms with van der Waals surface area (Å²) in [5, 5.41) is 5.77. The number of ether oxygens (including phenoxy) is 1. The summed E-state index contributed by atoms with van der Waals surface area (Å²) < 4.78 is 18.3. The molecular formula is C14H18FN3O2. The maximum Gasteiger partial charge on any atom is 0.257 e. The average Bonchev–Trinajstić information content (AvgIpc) is 2.76. The lowest BCUT2D eigenvalue weighted by Crippen LogP contribution is -2.43. The van der Waals surface area contributed by atoms with E-state index in [0.29, 0.717) is 31.1 Å². The van der Waals surface area contributed by atoms with Crippen LogP contribution in [0, 0.1) is 5.82 Å². The average molecular weight is 279 g/mol. The Morgan fingerprint density at radius 1 is 1.45 bits per heavy atom. The standard InChI is InChI=1S/C14H18FN3O2/c1-3-14(10-5-4-6-11(15)9-10)12(19)17-13(18-14)16-7-8-20-2/h4-6,9H,3,7-8H2,1-2H3,(H2,16,17,18,19). The lowest BCUT2D eigenvalue weighted by Gasteiger charge is -2.25. The number of aliphatic imine (C=N–C) groups is 1. The Balaban J connectivity index is 2.27. The predicted molar refractivity (Wildman–Crippen MR) is 73.8 cm³/mol. The topological polar surface area (TPSA) is 62.7 Å². The minimum atomic E-state index is -0.964. The van der Waals surface area contributed by atoms with E-state index in [4.69, 9.17) is 4.74 Å². The molecule has 0 saturated carbocycles. The maximum absolute atomic E-state index is 13.4. The number of rotatable bonds is 5. The molecule has 1 unspecified atom stereocenters. The van der Waals surface area contributed by atoms with Crippen molar-refractivity contribution in [2.75, 3.05) is 20.3 Å². The Kier molecular flexibility index (Phi) is 4.34. The number of carbonyl (C=O) groups excluding carboxylic acids is 1. The zero-order chi connectivity index (χ0) is 14.6. The number of methoxy groups -OCH3 is 1. The van der Waals surface area contributed by atoms with Gasteiger partial charge in [0.25, 0.3) is 5.91 Å². The molecule has 1 amide bonds. The van der Waals surface area contributed by atoms with Crippen molar-refractivity contribution < 1.29 is 13.9 Å². The highest BCUT2D eigenvalue weighted by Gasteiger charge is 2.45. The van der Waals surface area contributed by atoms with E-state index in [0.717, 1.165) is 0 Å². The lowest BCUT2D eigenvalue weighted by molar-refractivity contribution is -0.124. The molecule has 0 aliphatic carbocycles. The highest BCUT2D eigenvalue weighted by atomic mass is 19.1. The first kappa shape index (κ1) is 14.5. The van der Waals surface area contributed by atoms with Crippen LogP contribution in [0.1, 0.15) is 18.9 Å². The second-order valence-electron chi connectivity index (χ2n) is 4.57. The van der Waals surface area contributed by atoms with Crippen LogP contribution in [0.15, 0.2) is 29.3 Å². The maximum atomic E-state index is 13.4. The molecule has 2 N–H and O–H groups in total. The lowest BCUT2D eigenvalue weighted by atomic mass is 9.87. The molecular weight excluding hydrogens is 261 g/mol. The smallest absolute Gasteiger partial charge is 0.257 e. The molecule has 1 saturated heterocycles. The zero-order valence-corrected chi connectivity index (χ0v) is 11.6. The van der Waals surface area contributed by atoms with Gasteiger partial charge in [-0.15, -0.1) is 0 Å². The molecule has 2 rings (SSSR count). The van der Waals surface area contributed by atoms with Crippen LogP contribution < -0.4 is 10.6 Å². The highest BCUT2D eigenvalue weighted by Crippen LogP contribution is 2.28. The van der Waals surface area contributed by atoms with Crippen LogP contribution in [0.4, 0.5) is 4.39 Å². The quantitative estimate of drug-likeness (QED) is 0.795. The van der Waals surface area contributed by atoms with Crippen LogP contribution in [0.3, 0.4) is 0 Å².